The Balaban J connectivity index is 1.95. The minimum atomic E-state index is -0.325. The SMILES string of the molecule is CCN1CCCC(C#N)(NCc2cccs2)CC1. The van der Waals surface area contributed by atoms with Crippen molar-refractivity contribution in [2.24, 2.45) is 0 Å². The van der Waals surface area contributed by atoms with Gasteiger partial charge < -0.3 is 4.90 Å². The maximum atomic E-state index is 9.53. The summed E-state index contributed by atoms with van der Waals surface area (Å²) in [5.74, 6) is 0. The highest BCUT2D eigenvalue weighted by molar-refractivity contribution is 7.09. The zero-order chi connectivity index (χ0) is 12.8. The summed E-state index contributed by atoms with van der Waals surface area (Å²) in [6.07, 6.45) is 3.01. The quantitative estimate of drug-likeness (QED) is 0.907. The summed E-state index contributed by atoms with van der Waals surface area (Å²) in [5.41, 5.74) is -0.325. The van der Waals surface area contributed by atoms with Crippen molar-refractivity contribution in [2.45, 2.75) is 38.3 Å². The lowest BCUT2D eigenvalue weighted by Crippen LogP contribution is -2.44. The molecule has 0 spiro atoms. The first-order chi connectivity index (χ1) is 8.78. The van der Waals surface area contributed by atoms with Crippen LogP contribution >= 0.6 is 11.3 Å². The normalized spacial score (nSPS) is 25.6. The highest BCUT2D eigenvalue weighted by Gasteiger charge is 2.31. The van der Waals surface area contributed by atoms with Gasteiger partial charge in [-0.3, -0.25) is 5.32 Å². The molecule has 1 aliphatic heterocycles. The van der Waals surface area contributed by atoms with Crippen molar-refractivity contribution < 1.29 is 0 Å². The van der Waals surface area contributed by atoms with Gasteiger partial charge in [-0.2, -0.15) is 5.26 Å². The number of hydrogen-bond acceptors (Lipinski definition) is 4. The second kappa shape index (κ2) is 6.33. The van der Waals surface area contributed by atoms with E-state index >= 15 is 0 Å². The average Bonchev–Trinajstić information content (AvgIpc) is 2.83. The smallest absolute Gasteiger partial charge is 0.108 e. The maximum Gasteiger partial charge on any atom is 0.108 e. The average molecular weight is 263 g/mol. The molecule has 0 aromatic carbocycles. The van der Waals surface area contributed by atoms with Gasteiger partial charge in [0.05, 0.1) is 6.07 Å². The third-order valence-electron chi connectivity index (χ3n) is 3.78. The van der Waals surface area contributed by atoms with E-state index in [4.69, 9.17) is 0 Å². The lowest BCUT2D eigenvalue weighted by Gasteiger charge is -2.26. The molecule has 1 aromatic heterocycles. The van der Waals surface area contributed by atoms with Crippen LogP contribution in [-0.4, -0.2) is 30.1 Å². The van der Waals surface area contributed by atoms with Gasteiger partial charge in [-0.15, -0.1) is 11.3 Å². The Labute approximate surface area is 113 Å². The number of nitrogens with one attached hydrogen (secondary N) is 1. The number of thiophene rings is 1. The molecule has 2 heterocycles. The Morgan fingerprint density at radius 1 is 1.50 bits per heavy atom. The highest BCUT2D eigenvalue weighted by Crippen LogP contribution is 2.23. The molecule has 0 saturated carbocycles. The van der Waals surface area contributed by atoms with E-state index in [2.05, 4.69) is 40.7 Å². The molecule has 1 N–H and O–H groups in total. The van der Waals surface area contributed by atoms with Gasteiger partial charge in [0.25, 0.3) is 0 Å². The van der Waals surface area contributed by atoms with Crippen LogP contribution in [-0.2, 0) is 6.54 Å². The largest absolute Gasteiger partial charge is 0.304 e. The topological polar surface area (TPSA) is 39.1 Å². The van der Waals surface area contributed by atoms with Crippen LogP contribution < -0.4 is 5.32 Å². The van der Waals surface area contributed by atoms with Crippen LogP contribution in [0.3, 0.4) is 0 Å². The number of hydrogen-bond donors (Lipinski definition) is 1. The van der Waals surface area contributed by atoms with Crippen molar-refractivity contribution in [1.82, 2.24) is 10.2 Å². The van der Waals surface area contributed by atoms with E-state index in [0.29, 0.717) is 0 Å². The van der Waals surface area contributed by atoms with Gasteiger partial charge >= 0.3 is 0 Å². The molecular formula is C14H21N3S. The fraction of sp³-hybridized carbons (Fsp3) is 0.643. The highest BCUT2D eigenvalue weighted by atomic mass is 32.1. The number of nitrogens with zero attached hydrogens (tertiary/aromatic N) is 2. The standard InChI is InChI=1S/C14H21N3S/c1-2-17-8-4-6-14(12-15,7-9-17)16-11-13-5-3-10-18-13/h3,5,10,16H,2,4,6-9,11H2,1H3. The number of nitriles is 1. The summed E-state index contributed by atoms with van der Waals surface area (Å²) < 4.78 is 0. The van der Waals surface area contributed by atoms with Gasteiger partial charge in [0, 0.05) is 18.0 Å². The lowest BCUT2D eigenvalue weighted by molar-refractivity contribution is 0.288. The van der Waals surface area contributed by atoms with Gasteiger partial charge in [-0.1, -0.05) is 13.0 Å². The lowest BCUT2D eigenvalue weighted by atomic mass is 9.92. The summed E-state index contributed by atoms with van der Waals surface area (Å²) >= 11 is 1.75. The van der Waals surface area contributed by atoms with Crippen LogP contribution in [0.2, 0.25) is 0 Å². The summed E-state index contributed by atoms with van der Waals surface area (Å²) in [4.78, 5) is 3.74. The molecule has 4 heteroatoms. The molecule has 0 bridgehead atoms. The van der Waals surface area contributed by atoms with E-state index in [1.54, 1.807) is 11.3 Å². The minimum absolute atomic E-state index is 0.325. The first kappa shape index (κ1) is 13.5. The second-order valence-electron chi connectivity index (χ2n) is 4.91. The number of likely N-dealkylation sites (tertiary alicyclic amines) is 1. The second-order valence-corrected chi connectivity index (χ2v) is 5.95. The van der Waals surface area contributed by atoms with E-state index in [1.165, 1.54) is 4.88 Å². The van der Waals surface area contributed by atoms with Crippen molar-refractivity contribution in [3.63, 3.8) is 0 Å². The molecule has 0 radical (unpaired) electrons. The van der Waals surface area contributed by atoms with Crippen LogP contribution in [0.25, 0.3) is 0 Å². The zero-order valence-corrected chi connectivity index (χ0v) is 11.8. The Bertz CT molecular complexity index is 396. The van der Waals surface area contributed by atoms with Crippen molar-refractivity contribution >= 4 is 11.3 Å². The van der Waals surface area contributed by atoms with E-state index in [-0.39, 0.29) is 5.54 Å². The Kier molecular flexibility index (Phi) is 4.76. The molecule has 1 aliphatic rings. The summed E-state index contributed by atoms with van der Waals surface area (Å²) in [6, 6.07) is 6.72. The maximum absolute atomic E-state index is 9.53. The van der Waals surface area contributed by atoms with Crippen LogP contribution in [0.1, 0.15) is 31.1 Å². The predicted molar refractivity (Wildman–Crippen MR) is 75.5 cm³/mol. The van der Waals surface area contributed by atoms with Gasteiger partial charge in [0.1, 0.15) is 5.54 Å². The van der Waals surface area contributed by atoms with Gasteiger partial charge in [0.2, 0.25) is 0 Å². The summed E-state index contributed by atoms with van der Waals surface area (Å²) in [6.45, 7) is 6.25. The molecule has 0 aliphatic carbocycles. The molecule has 1 saturated heterocycles. The monoisotopic (exact) mass is 263 g/mol. The molecule has 1 fully saturated rings. The van der Waals surface area contributed by atoms with Crippen LogP contribution in [0, 0.1) is 11.3 Å². The Morgan fingerprint density at radius 2 is 2.39 bits per heavy atom. The minimum Gasteiger partial charge on any atom is -0.304 e. The fourth-order valence-electron chi connectivity index (χ4n) is 2.50. The van der Waals surface area contributed by atoms with Crippen LogP contribution in [0.4, 0.5) is 0 Å². The van der Waals surface area contributed by atoms with Crippen molar-refractivity contribution in [3.05, 3.63) is 22.4 Å². The molecule has 1 atom stereocenters. The summed E-state index contributed by atoms with van der Waals surface area (Å²) in [5, 5.41) is 15.1. The van der Waals surface area contributed by atoms with Gasteiger partial charge in [-0.25, -0.2) is 0 Å². The summed E-state index contributed by atoms with van der Waals surface area (Å²) in [7, 11) is 0. The van der Waals surface area contributed by atoms with Crippen molar-refractivity contribution in [3.8, 4) is 6.07 Å². The molecule has 2 rings (SSSR count). The van der Waals surface area contributed by atoms with Gasteiger partial charge in [-0.05, 0) is 43.8 Å². The predicted octanol–water partition coefficient (Wildman–Crippen LogP) is 2.61. The van der Waals surface area contributed by atoms with E-state index in [9.17, 15) is 5.26 Å². The molecule has 1 aromatic rings. The molecule has 98 valence electrons. The third-order valence-corrected chi connectivity index (χ3v) is 4.65. The zero-order valence-electron chi connectivity index (χ0n) is 11.0. The van der Waals surface area contributed by atoms with E-state index < -0.39 is 0 Å². The Hall–Kier alpha value is -0.890. The van der Waals surface area contributed by atoms with Crippen LogP contribution in [0.15, 0.2) is 17.5 Å². The molecule has 18 heavy (non-hydrogen) atoms. The Morgan fingerprint density at radius 3 is 3.06 bits per heavy atom. The molecule has 0 amide bonds. The van der Waals surface area contributed by atoms with Gasteiger partial charge in [0.15, 0.2) is 0 Å². The first-order valence-corrected chi connectivity index (χ1v) is 7.57. The number of rotatable bonds is 4. The first-order valence-electron chi connectivity index (χ1n) is 6.69. The van der Waals surface area contributed by atoms with E-state index in [1.807, 2.05) is 0 Å². The third kappa shape index (κ3) is 3.32. The molecule has 3 nitrogen and oxygen atoms in total. The van der Waals surface area contributed by atoms with E-state index in [0.717, 1.165) is 45.4 Å². The fourth-order valence-corrected chi connectivity index (χ4v) is 3.15. The van der Waals surface area contributed by atoms with Crippen LogP contribution in [0.5, 0.6) is 0 Å². The molecular weight excluding hydrogens is 242 g/mol. The van der Waals surface area contributed by atoms with Crippen molar-refractivity contribution in [2.75, 3.05) is 19.6 Å². The van der Waals surface area contributed by atoms with Crippen molar-refractivity contribution in [1.29, 1.82) is 5.26 Å². The molecule has 1 unspecified atom stereocenters.